The van der Waals surface area contributed by atoms with Gasteiger partial charge in [0.05, 0.1) is 11.9 Å². The smallest absolute Gasteiger partial charge is 0.167 e. The number of benzene rings is 2. The Bertz CT molecular complexity index is 882. The lowest BCUT2D eigenvalue weighted by Gasteiger charge is -2.04. The van der Waals surface area contributed by atoms with Crippen LogP contribution in [0.25, 0.3) is 28.2 Å². The molecule has 0 aliphatic heterocycles. The minimum Gasteiger partial charge on any atom is -0.280 e. The average molecular weight is 272 g/mol. The molecular formula is C17H12N4. The molecule has 0 amide bonds. The second-order valence-electron chi connectivity index (χ2n) is 4.75. The Morgan fingerprint density at radius 2 is 1.43 bits per heavy atom. The highest BCUT2D eigenvalue weighted by Gasteiger charge is 2.11. The van der Waals surface area contributed by atoms with Crippen molar-refractivity contribution in [2.75, 3.05) is 0 Å². The summed E-state index contributed by atoms with van der Waals surface area (Å²) in [5.41, 5.74) is 4.74. The van der Waals surface area contributed by atoms with Crippen molar-refractivity contribution in [3.63, 3.8) is 0 Å². The Hall–Kier alpha value is -3.01. The summed E-state index contributed by atoms with van der Waals surface area (Å²) in [6, 6.07) is 20.1. The van der Waals surface area contributed by atoms with Gasteiger partial charge < -0.3 is 0 Å². The summed E-state index contributed by atoms with van der Waals surface area (Å²) < 4.78 is 1.98. The average Bonchev–Trinajstić information content (AvgIpc) is 3.00. The number of rotatable bonds is 2. The monoisotopic (exact) mass is 272 g/mol. The SMILES string of the molecule is c1ccc(-c2nncn3c(-c4ccccc4)cnc23)cc1. The van der Waals surface area contributed by atoms with E-state index in [2.05, 4.69) is 27.3 Å². The van der Waals surface area contributed by atoms with Gasteiger partial charge in [0.15, 0.2) is 5.65 Å². The first-order valence-corrected chi connectivity index (χ1v) is 6.73. The zero-order chi connectivity index (χ0) is 14.1. The van der Waals surface area contributed by atoms with E-state index < -0.39 is 0 Å². The van der Waals surface area contributed by atoms with Crippen LogP contribution in [0.2, 0.25) is 0 Å². The first-order valence-electron chi connectivity index (χ1n) is 6.73. The summed E-state index contributed by atoms with van der Waals surface area (Å²) in [5.74, 6) is 0. The number of aromatic nitrogens is 4. The van der Waals surface area contributed by atoms with E-state index in [0.717, 1.165) is 28.2 Å². The lowest BCUT2D eigenvalue weighted by Crippen LogP contribution is -1.96. The molecule has 4 nitrogen and oxygen atoms in total. The van der Waals surface area contributed by atoms with E-state index >= 15 is 0 Å². The van der Waals surface area contributed by atoms with Crippen molar-refractivity contribution in [1.29, 1.82) is 0 Å². The van der Waals surface area contributed by atoms with Crippen LogP contribution >= 0.6 is 0 Å². The van der Waals surface area contributed by atoms with Crippen LogP contribution in [0.15, 0.2) is 73.2 Å². The van der Waals surface area contributed by atoms with E-state index in [1.165, 1.54) is 0 Å². The third kappa shape index (κ3) is 1.97. The van der Waals surface area contributed by atoms with E-state index in [-0.39, 0.29) is 0 Å². The minimum absolute atomic E-state index is 0.792. The Morgan fingerprint density at radius 3 is 2.14 bits per heavy atom. The molecule has 0 unspecified atom stereocenters. The molecule has 21 heavy (non-hydrogen) atoms. The van der Waals surface area contributed by atoms with Crippen molar-refractivity contribution in [1.82, 2.24) is 19.6 Å². The Morgan fingerprint density at radius 1 is 0.762 bits per heavy atom. The largest absolute Gasteiger partial charge is 0.280 e. The van der Waals surface area contributed by atoms with Crippen LogP contribution in [0.3, 0.4) is 0 Å². The molecule has 0 spiro atoms. The summed E-state index contributed by atoms with van der Waals surface area (Å²) >= 11 is 0. The molecule has 0 aliphatic rings. The molecule has 0 saturated heterocycles. The van der Waals surface area contributed by atoms with Gasteiger partial charge in [-0.2, -0.15) is 0 Å². The quantitative estimate of drug-likeness (QED) is 0.561. The number of hydrogen-bond donors (Lipinski definition) is 0. The summed E-state index contributed by atoms with van der Waals surface area (Å²) in [6.07, 6.45) is 3.57. The van der Waals surface area contributed by atoms with Gasteiger partial charge in [0.2, 0.25) is 0 Å². The van der Waals surface area contributed by atoms with Gasteiger partial charge in [0, 0.05) is 11.1 Å². The van der Waals surface area contributed by atoms with Crippen LogP contribution in [-0.4, -0.2) is 19.6 Å². The summed E-state index contributed by atoms with van der Waals surface area (Å²) in [7, 11) is 0. The molecule has 4 aromatic rings. The zero-order valence-electron chi connectivity index (χ0n) is 11.2. The van der Waals surface area contributed by atoms with Gasteiger partial charge in [-0.25, -0.2) is 4.98 Å². The lowest BCUT2D eigenvalue weighted by molar-refractivity contribution is 0.953. The van der Waals surface area contributed by atoms with Gasteiger partial charge in [0.25, 0.3) is 0 Å². The second-order valence-corrected chi connectivity index (χ2v) is 4.75. The van der Waals surface area contributed by atoms with Gasteiger partial charge in [0.1, 0.15) is 12.0 Å². The fourth-order valence-electron chi connectivity index (χ4n) is 2.44. The van der Waals surface area contributed by atoms with Crippen LogP contribution in [0.4, 0.5) is 0 Å². The highest BCUT2D eigenvalue weighted by molar-refractivity contribution is 5.76. The third-order valence-corrected chi connectivity index (χ3v) is 3.45. The zero-order valence-corrected chi connectivity index (χ0v) is 11.2. The van der Waals surface area contributed by atoms with E-state index in [9.17, 15) is 0 Å². The molecule has 2 aromatic carbocycles. The third-order valence-electron chi connectivity index (χ3n) is 3.45. The maximum absolute atomic E-state index is 4.53. The van der Waals surface area contributed by atoms with Crippen molar-refractivity contribution >= 4 is 5.65 Å². The molecule has 0 aliphatic carbocycles. The first kappa shape index (κ1) is 11.8. The van der Waals surface area contributed by atoms with Gasteiger partial charge >= 0.3 is 0 Å². The minimum atomic E-state index is 0.792. The van der Waals surface area contributed by atoms with Crippen LogP contribution in [0.5, 0.6) is 0 Å². The van der Waals surface area contributed by atoms with Crippen molar-refractivity contribution in [3.05, 3.63) is 73.2 Å². The van der Waals surface area contributed by atoms with Crippen LogP contribution in [0, 0.1) is 0 Å². The van der Waals surface area contributed by atoms with Crippen LogP contribution in [0.1, 0.15) is 0 Å². The maximum Gasteiger partial charge on any atom is 0.167 e. The molecule has 4 rings (SSSR count). The molecular weight excluding hydrogens is 260 g/mol. The molecule has 0 radical (unpaired) electrons. The van der Waals surface area contributed by atoms with E-state index in [1.807, 2.05) is 59.1 Å². The second kappa shape index (κ2) is 4.83. The Labute approximate surface area is 121 Å². The van der Waals surface area contributed by atoms with Gasteiger partial charge in [-0.1, -0.05) is 60.7 Å². The highest BCUT2D eigenvalue weighted by atomic mass is 15.2. The van der Waals surface area contributed by atoms with Crippen molar-refractivity contribution < 1.29 is 0 Å². The fourth-order valence-corrected chi connectivity index (χ4v) is 2.44. The standard InChI is InChI=1S/C17H12N4/c1-3-7-13(8-4-1)15-11-18-17-16(20-19-12-21(15)17)14-9-5-2-6-10-14/h1-12H. The topological polar surface area (TPSA) is 43.1 Å². The molecule has 0 bridgehead atoms. The number of hydrogen-bond acceptors (Lipinski definition) is 3. The molecule has 2 heterocycles. The maximum atomic E-state index is 4.53. The molecule has 4 heteroatoms. The molecule has 100 valence electrons. The summed E-state index contributed by atoms with van der Waals surface area (Å²) in [5, 5.41) is 8.37. The van der Waals surface area contributed by atoms with Gasteiger partial charge in [-0.05, 0) is 0 Å². The fraction of sp³-hybridized carbons (Fsp3) is 0. The number of fused-ring (bicyclic) bond motifs is 1. The summed E-state index contributed by atoms with van der Waals surface area (Å²) in [4.78, 5) is 4.53. The predicted octanol–water partition coefficient (Wildman–Crippen LogP) is 3.46. The van der Waals surface area contributed by atoms with Crippen molar-refractivity contribution in [3.8, 4) is 22.5 Å². The highest BCUT2D eigenvalue weighted by Crippen LogP contribution is 2.25. The Kier molecular flexibility index (Phi) is 2.71. The molecule has 0 saturated carbocycles. The van der Waals surface area contributed by atoms with Crippen molar-refractivity contribution in [2.45, 2.75) is 0 Å². The van der Waals surface area contributed by atoms with E-state index in [4.69, 9.17) is 0 Å². The summed E-state index contributed by atoms with van der Waals surface area (Å²) in [6.45, 7) is 0. The van der Waals surface area contributed by atoms with E-state index in [0.29, 0.717) is 0 Å². The van der Waals surface area contributed by atoms with Crippen LogP contribution in [-0.2, 0) is 0 Å². The predicted molar refractivity (Wildman–Crippen MR) is 81.7 cm³/mol. The molecule has 0 atom stereocenters. The molecule has 0 N–H and O–H groups in total. The van der Waals surface area contributed by atoms with Crippen LogP contribution < -0.4 is 0 Å². The van der Waals surface area contributed by atoms with Crippen molar-refractivity contribution in [2.24, 2.45) is 0 Å². The Balaban J connectivity index is 1.96. The van der Waals surface area contributed by atoms with E-state index in [1.54, 1.807) is 6.33 Å². The normalized spacial score (nSPS) is 10.9. The number of nitrogens with zero attached hydrogens (tertiary/aromatic N) is 4. The van der Waals surface area contributed by atoms with Gasteiger partial charge in [-0.15, -0.1) is 10.2 Å². The molecule has 2 aromatic heterocycles. The lowest BCUT2D eigenvalue weighted by atomic mass is 10.1. The van der Waals surface area contributed by atoms with Gasteiger partial charge in [-0.3, -0.25) is 4.40 Å². The first-order chi connectivity index (χ1) is 10.4. The number of imidazole rings is 1. The molecule has 0 fully saturated rings.